The fraction of sp³-hybridized carbons (Fsp3) is 0.611. The van der Waals surface area contributed by atoms with Gasteiger partial charge < -0.3 is 10.0 Å². The predicted octanol–water partition coefficient (Wildman–Crippen LogP) is 3.01. The number of carbonyl (C=O) groups is 1. The van der Waals surface area contributed by atoms with Crippen LogP contribution in [0.2, 0.25) is 0 Å². The molecule has 1 aliphatic carbocycles. The summed E-state index contributed by atoms with van der Waals surface area (Å²) in [6.45, 7) is 1.11. The Bertz CT molecular complexity index is 540. The number of piperidine rings is 1. The van der Waals surface area contributed by atoms with Crippen molar-refractivity contribution in [3.8, 4) is 0 Å². The van der Waals surface area contributed by atoms with Crippen LogP contribution < -0.4 is 0 Å². The van der Waals surface area contributed by atoms with Crippen LogP contribution in [-0.4, -0.2) is 35.1 Å². The molecule has 1 amide bonds. The normalized spacial score (nSPS) is 25.0. The Kier molecular flexibility index (Phi) is 4.48. The van der Waals surface area contributed by atoms with Crippen molar-refractivity contribution in [3.05, 3.63) is 35.6 Å². The van der Waals surface area contributed by atoms with Crippen molar-refractivity contribution < 1.29 is 14.3 Å². The third kappa shape index (κ3) is 2.89. The van der Waals surface area contributed by atoms with Crippen LogP contribution in [0, 0.1) is 5.82 Å². The van der Waals surface area contributed by atoms with Gasteiger partial charge in [0.1, 0.15) is 5.82 Å². The van der Waals surface area contributed by atoms with E-state index in [1.165, 1.54) is 12.1 Å². The van der Waals surface area contributed by atoms with Crippen LogP contribution in [0.25, 0.3) is 0 Å². The molecule has 120 valence electrons. The van der Waals surface area contributed by atoms with E-state index in [4.69, 9.17) is 0 Å². The lowest BCUT2D eigenvalue weighted by Crippen LogP contribution is -2.52. The van der Waals surface area contributed by atoms with Crippen molar-refractivity contribution in [1.82, 2.24) is 4.90 Å². The number of β-amino-alcohol motifs (C(OH)–C–C–N with tert-alkyl or cyclic N) is 1. The van der Waals surface area contributed by atoms with Gasteiger partial charge in [0.05, 0.1) is 11.5 Å². The first-order chi connectivity index (χ1) is 10.6. The van der Waals surface area contributed by atoms with Gasteiger partial charge in [-0.3, -0.25) is 4.79 Å². The summed E-state index contributed by atoms with van der Waals surface area (Å²) in [6, 6.07) is 6.52. The summed E-state index contributed by atoms with van der Waals surface area (Å²) in [6.07, 6.45) is 5.86. The van der Waals surface area contributed by atoms with Crippen LogP contribution in [0.5, 0.6) is 0 Å². The van der Waals surface area contributed by atoms with Crippen molar-refractivity contribution in [2.75, 3.05) is 13.1 Å². The number of hydrogen-bond donors (Lipinski definition) is 1. The van der Waals surface area contributed by atoms with Crippen LogP contribution in [0.1, 0.15) is 50.5 Å². The Hall–Kier alpha value is -1.42. The number of aliphatic hydroxyl groups excluding tert-OH is 1. The first-order valence-corrected chi connectivity index (χ1v) is 8.35. The number of halogens is 1. The van der Waals surface area contributed by atoms with Crippen LogP contribution in [-0.2, 0) is 10.2 Å². The lowest BCUT2D eigenvalue weighted by Gasteiger charge is -2.42. The first-order valence-electron chi connectivity index (χ1n) is 8.35. The van der Waals surface area contributed by atoms with Gasteiger partial charge in [-0.25, -0.2) is 4.39 Å². The lowest BCUT2D eigenvalue weighted by atomic mass is 9.68. The molecule has 1 saturated heterocycles. The summed E-state index contributed by atoms with van der Waals surface area (Å²) in [7, 11) is 0. The second kappa shape index (κ2) is 6.37. The Morgan fingerprint density at radius 1 is 1.23 bits per heavy atom. The van der Waals surface area contributed by atoms with Gasteiger partial charge in [-0.1, -0.05) is 31.4 Å². The maximum Gasteiger partial charge on any atom is 0.233 e. The van der Waals surface area contributed by atoms with Gasteiger partial charge in [-0.2, -0.15) is 0 Å². The van der Waals surface area contributed by atoms with E-state index >= 15 is 0 Å². The van der Waals surface area contributed by atoms with E-state index in [1.54, 1.807) is 11.0 Å². The second-order valence-electron chi connectivity index (χ2n) is 6.70. The smallest absolute Gasteiger partial charge is 0.233 e. The number of amides is 1. The highest BCUT2D eigenvalue weighted by Gasteiger charge is 2.44. The fourth-order valence-corrected chi connectivity index (χ4v) is 4.01. The van der Waals surface area contributed by atoms with Crippen LogP contribution in [0.15, 0.2) is 24.3 Å². The number of hydrogen-bond acceptors (Lipinski definition) is 2. The molecule has 3 nitrogen and oxygen atoms in total. The largest absolute Gasteiger partial charge is 0.391 e. The molecule has 0 bridgehead atoms. The first kappa shape index (κ1) is 15.5. The van der Waals surface area contributed by atoms with E-state index in [0.717, 1.165) is 50.5 Å². The molecule has 1 heterocycles. The molecule has 1 aliphatic heterocycles. The summed E-state index contributed by atoms with van der Waals surface area (Å²) in [5.41, 5.74) is 0.203. The molecule has 2 aliphatic rings. The molecule has 1 aromatic rings. The van der Waals surface area contributed by atoms with E-state index < -0.39 is 11.5 Å². The Balaban J connectivity index is 1.93. The van der Waals surface area contributed by atoms with Gasteiger partial charge in [0.15, 0.2) is 0 Å². The minimum absolute atomic E-state index is 0.0801. The highest BCUT2D eigenvalue weighted by atomic mass is 19.1. The van der Waals surface area contributed by atoms with Gasteiger partial charge in [0, 0.05) is 13.1 Å². The Morgan fingerprint density at radius 3 is 2.68 bits per heavy atom. The van der Waals surface area contributed by atoms with Gasteiger partial charge in [0.2, 0.25) is 5.91 Å². The number of aliphatic hydroxyl groups is 1. The molecule has 1 N–H and O–H groups in total. The van der Waals surface area contributed by atoms with Crippen molar-refractivity contribution >= 4 is 5.91 Å². The number of nitrogens with zero attached hydrogens (tertiary/aromatic N) is 1. The minimum atomic E-state index is -0.600. The predicted molar refractivity (Wildman–Crippen MR) is 83.0 cm³/mol. The maximum absolute atomic E-state index is 13.7. The Labute approximate surface area is 131 Å². The molecule has 0 aromatic heterocycles. The van der Waals surface area contributed by atoms with Gasteiger partial charge >= 0.3 is 0 Å². The molecule has 1 unspecified atom stereocenters. The molecule has 0 radical (unpaired) electrons. The molecule has 0 spiro atoms. The number of benzene rings is 1. The van der Waals surface area contributed by atoms with Crippen molar-refractivity contribution in [2.45, 2.75) is 56.5 Å². The molecule has 1 atom stereocenters. The summed E-state index contributed by atoms with van der Waals surface area (Å²) in [5.74, 6) is -0.203. The zero-order chi connectivity index (χ0) is 15.6. The van der Waals surface area contributed by atoms with Crippen LogP contribution >= 0.6 is 0 Å². The topological polar surface area (TPSA) is 40.5 Å². The third-order valence-electron chi connectivity index (χ3n) is 5.18. The number of likely N-dealkylation sites (tertiary alicyclic amines) is 1. The summed E-state index contributed by atoms with van der Waals surface area (Å²) in [4.78, 5) is 15.0. The quantitative estimate of drug-likeness (QED) is 0.912. The zero-order valence-corrected chi connectivity index (χ0v) is 12.9. The molecular weight excluding hydrogens is 281 g/mol. The molecule has 1 saturated carbocycles. The van der Waals surface area contributed by atoms with Crippen molar-refractivity contribution in [2.24, 2.45) is 0 Å². The number of carbonyl (C=O) groups excluding carboxylic acids is 1. The van der Waals surface area contributed by atoms with Gasteiger partial charge in [-0.15, -0.1) is 0 Å². The molecular formula is C18H24FNO2. The number of rotatable bonds is 2. The highest BCUT2D eigenvalue weighted by Crippen LogP contribution is 2.41. The van der Waals surface area contributed by atoms with E-state index in [1.807, 2.05) is 6.07 Å². The second-order valence-corrected chi connectivity index (χ2v) is 6.70. The molecule has 4 heteroatoms. The van der Waals surface area contributed by atoms with Crippen LogP contribution in [0.4, 0.5) is 4.39 Å². The average molecular weight is 305 g/mol. The highest BCUT2D eigenvalue weighted by molar-refractivity contribution is 5.88. The lowest BCUT2D eigenvalue weighted by molar-refractivity contribution is -0.142. The monoisotopic (exact) mass is 305 g/mol. The van der Waals surface area contributed by atoms with Crippen molar-refractivity contribution in [1.29, 1.82) is 0 Å². The standard InChI is InChI=1S/C18H24FNO2/c19-15-7-4-6-14(12-15)18(9-2-1-3-10-18)17(22)20-11-5-8-16(21)13-20/h4,6-7,12,16,21H,1-3,5,8-11,13H2. The summed E-state index contributed by atoms with van der Waals surface area (Å²) < 4.78 is 13.7. The maximum atomic E-state index is 13.7. The average Bonchev–Trinajstić information content (AvgIpc) is 2.55. The van der Waals surface area contributed by atoms with Gasteiger partial charge in [0.25, 0.3) is 0 Å². The SMILES string of the molecule is O=C(N1CCCC(O)C1)C1(c2cccc(F)c2)CCCCC1. The van der Waals surface area contributed by atoms with Crippen LogP contribution in [0.3, 0.4) is 0 Å². The van der Waals surface area contributed by atoms with E-state index in [2.05, 4.69) is 0 Å². The molecule has 22 heavy (non-hydrogen) atoms. The summed E-state index contributed by atoms with van der Waals surface area (Å²) in [5, 5.41) is 9.87. The minimum Gasteiger partial charge on any atom is -0.391 e. The summed E-state index contributed by atoms with van der Waals surface area (Å²) >= 11 is 0. The van der Waals surface area contributed by atoms with E-state index in [0.29, 0.717) is 13.1 Å². The van der Waals surface area contributed by atoms with E-state index in [9.17, 15) is 14.3 Å². The van der Waals surface area contributed by atoms with Crippen molar-refractivity contribution in [3.63, 3.8) is 0 Å². The fourth-order valence-electron chi connectivity index (χ4n) is 4.01. The zero-order valence-electron chi connectivity index (χ0n) is 12.9. The Morgan fingerprint density at radius 2 is 2.00 bits per heavy atom. The van der Waals surface area contributed by atoms with E-state index in [-0.39, 0.29) is 11.7 Å². The third-order valence-corrected chi connectivity index (χ3v) is 5.18. The molecule has 3 rings (SSSR count). The van der Waals surface area contributed by atoms with Gasteiger partial charge in [-0.05, 0) is 43.4 Å². The molecule has 2 fully saturated rings. The molecule has 1 aromatic carbocycles.